The Labute approximate surface area is 84.9 Å². The molecule has 1 aromatic carbocycles. The van der Waals surface area contributed by atoms with Gasteiger partial charge in [-0.05, 0) is 18.2 Å². The van der Waals surface area contributed by atoms with Crippen molar-refractivity contribution in [1.29, 1.82) is 0 Å². The van der Waals surface area contributed by atoms with Crippen molar-refractivity contribution in [3.8, 4) is 11.3 Å². The van der Waals surface area contributed by atoms with E-state index in [0.717, 1.165) is 0 Å². The average Bonchev–Trinajstić information content (AvgIpc) is 2.64. The molecule has 0 fully saturated rings. The van der Waals surface area contributed by atoms with Crippen LogP contribution in [0.5, 0.6) is 0 Å². The number of aromatic amines is 1. The Bertz CT molecular complexity index is 507. The molecule has 0 bridgehead atoms. The van der Waals surface area contributed by atoms with Crippen LogP contribution in [-0.4, -0.2) is 16.5 Å². The maximum absolute atomic E-state index is 12.8. The number of benzene rings is 1. The summed E-state index contributed by atoms with van der Waals surface area (Å²) in [4.78, 5) is 10.7. The molecular formula is C10H8FN3O. The molecule has 0 aliphatic rings. The molecule has 0 saturated heterocycles. The number of aldehydes is 1. The largest absolute Gasteiger partial charge is 0.382 e. The minimum absolute atomic E-state index is 0.263. The third kappa shape index (κ3) is 1.71. The summed E-state index contributed by atoms with van der Waals surface area (Å²) in [7, 11) is 0. The molecule has 3 N–H and O–H groups in total. The molecule has 4 nitrogen and oxygen atoms in total. The summed E-state index contributed by atoms with van der Waals surface area (Å²) in [5, 5.41) is 6.39. The van der Waals surface area contributed by atoms with E-state index in [4.69, 9.17) is 5.73 Å². The maximum atomic E-state index is 12.8. The van der Waals surface area contributed by atoms with E-state index in [1.165, 1.54) is 18.2 Å². The van der Waals surface area contributed by atoms with Crippen molar-refractivity contribution in [2.45, 2.75) is 0 Å². The van der Waals surface area contributed by atoms with E-state index in [1.807, 2.05) is 0 Å². The molecule has 0 unspecified atom stereocenters. The fourth-order valence-electron chi connectivity index (χ4n) is 1.35. The van der Waals surface area contributed by atoms with Crippen molar-refractivity contribution in [2.24, 2.45) is 0 Å². The lowest BCUT2D eigenvalue weighted by Crippen LogP contribution is -1.89. The maximum Gasteiger partial charge on any atom is 0.150 e. The lowest BCUT2D eigenvalue weighted by atomic mass is 10.1. The summed E-state index contributed by atoms with van der Waals surface area (Å²) in [6, 6.07) is 5.53. The lowest BCUT2D eigenvalue weighted by Gasteiger charge is -2.00. The molecule has 2 aromatic rings. The van der Waals surface area contributed by atoms with Crippen LogP contribution in [-0.2, 0) is 0 Å². The van der Waals surface area contributed by atoms with Gasteiger partial charge in [0.05, 0.1) is 5.69 Å². The molecule has 0 spiro atoms. The number of rotatable bonds is 2. The molecule has 0 amide bonds. The fraction of sp³-hybridized carbons (Fsp3) is 0. The van der Waals surface area contributed by atoms with Gasteiger partial charge in [-0.15, -0.1) is 0 Å². The summed E-state index contributed by atoms with van der Waals surface area (Å²) in [6.45, 7) is 0. The smallest absolute Gasteiger partial charge is 0.150 e. The van der Waals surface area contributed by atoms with Crippen LogP contribution in [0.15, 0.2) is 24.3 Å². The van der Waals surface area contributed by atoms with Crippen LogP contribution in [0, 0.1) is 5.82 Å². The van der Waals surface area contributed by atoms with Gasteiger partial charge in [0.2, 0.25) is 0 Å². The zero-order valence-electron chi connectivity index (χ0n) is 7.70. The second-order valence-corrected chi connectivity index (χ2v) is 3.06. The van der Waals surface area contributed by atoms with Crippen molar-refractivity contribution in [3.63, 3.8) is 0 Å². The fourth-order valence-corrected chi connectivity index (χ4v) is 1.35. The number of nitrogens with one attached hydrogen (secondary N) is 1. The van der Waals surface area contributed by atoms with Gasteiger partial charge in [0.15, 0.2) is 6.29 Å². The highest BCUT2D eigenvalue weighted by Gasteiger charge is 2.07. The molecule has 0 atom stereocenters. The van der Waals surface area contributed by atoms with E-state index >= 15 is 0 Å². The molecule has 15 heavy (non-hydrogen) atoms. The van der Waals surface area contributed by atoms with Gasteiger partial charge in [-0.1, -0.05) is 0 Å². The van der Waals surface area contributed by atoms with Crippen molar-refractivity contribution in [2.75, 3.05) is 5.73 Å². The van der Waals surface area contributed by atoms with E-state index in [-0.39, 0.29) is 5.56 Å². The molecule has 2 rings (SSSR count). The number of nitrogens with two attached hydrogens (primary N) is 1. The Morgan fingerprint density at radius 3 is 2.80 bits per heavy atom. The van der Waals surface area contributed by atoms with Crippen molar-refractivity contribution < 1.29 is 9.18 Å². The third-order valence-corrected chi connectivity index (χ3v) is 2.03. The Balaban J connectivity index is 2.57. The SMILES string of the molecule is Nc1cc(-c2ccc(F)cc2C=O)[nH]n1. The molecule has 0 aliphatic carbocycles. The van der Waals surface area contributed by atoms with Crippen LogP contribution < -0.4 is 5.73 Å². The van der Waals surface area contributed by atoms with Gasteiger partial charge in [-0.2, -0.15) is 5.10 Å². The van der Waals surface area contributed by atoms with Gasteiger partial charge in [0.25, 0.3) is 0 Å². The zero-order chi connectivity index (χ0) is 10.8. The Hall–Kier alpha value is -2.17. The minimum atomic E-state index is -0.451. The first-order chi connectivity index (χ1) is 7.20. The topological polar surface area (TPSA) is 71.8 Å². The minimum Gasteiger partial charge on any atom is -0.382 e. The van der Waals surface area contributed by atoms with E-state index in [0.29, 0.717) is 23.4 Å². The van der Waals surface area contributed by atoms with Gasteiger partial charge in [-0.3, -0.25) is 9.89 Å². The second-order valence-electron chi connectivity index (χ2n) is 3.06. The number of H-pyrrole nitrogens is 1. The van der Waals surface area contributed by atoms with Gasteiger partial charge >= 0.3 is 0 Å². The quantitative estimate of drug-likeness (QED) is 0.731. The van der Waals surface area contributed by atoms with E-state index in [9.17, 15) is 9.18 Å². The summed E-state index contributed by atoms with van der Waals surface area (Å²) >= 11 is 0. The standard InChI is InChI=1S/C10H8FN3O/c11-7-1-2-8(6(3-7)5-15)9-4-10(12)14-13-9/h1-5H,(H3,12,13,14). The first-order valence-corrected chi connectivity index (χ1v) is 4.26. The number of aromatic nitrogens is 2. The summed E-state index contributed by atoms with van der Waals surface area (Å²) in [5.41, 5.74) is 6.87. The summed E-state index contributed by atoms with van der Waals surface area (Å²) < 4.78 is 12.8. The van der Waals surface area contributed by atoms with E-state index < -0.39 is 5.82 Å². The first-order valence-electron chi connectivity index (χ1n) is 4.26. The van der Waals surface area contributed by atoms with Crippen LogP contribution >= 0.6 is 0 Å². The van der Waals surface area contributed by atoms with Crippen molar-refractivity contribution >= 4 is 12.1 Å². The van der Waals surface area contributed by atoms with Crippen LogP contribution in [0.25, 0.3) is 11.3 Å². The lowest BCUT2D eigenvalue weighted by molar-refractivity contribution is 0.112. The number of carbonyl (C=O) groups excluding carboxylic acids is 1. The number of halogens is 1. The van der Waals surface area contributed by atoms with E-state index in [1.54, 1.807) is 6.07 Å². The second kappa shape index (κ2) is 3.53. The Kier molecular flexibility index (Phi) is 2.21. The number of hydrogen-bond donors (Lipinski definition) is 2. The highest BCUT2D eigenvalue weighted by Crippen LogP contribution is 2.22. The number of nitrogen functional groups attached to an aromatic ring is 1. The molecular weight excluding hydrogens is 197 g/mol. The number of anilines is 1. The summed E-state index contributed by atoms with van der Waals surface area (Å²) in [6.07, 6.45) is 0.593. The van der Waals surface area contributed by atoms with Gasteiger partial charge in [0.1, 0.15) is 11.6 Å². The predicted molar refractivity (Wildman–Crippen MR) is 53.8 cm³/mol. The van der Waals surface area contributed by atoms with Crippen molar-refractivity contribution in [3.05, 3.63) is 35.6 Å². The molecule has 76 valence electrons. The van der Waals surface area contributed by atoms with Gasteiger partial charge < -0.3 is 5.73 Å². The van der Waals surface area contributed by atoms with Gasteiger partial charge in [0, 0.05) is 17.2 Å². The third-order valence-electron chi connectivity index (χ3n) is 2.03. The highest BCUT2D eigenvalue weighted by atomic mass is 19.1. The summed E-state index contributed by atoms with van der Waals surface area (Å²) in [5.74, 6) is -0.125. The molecule has 5 heteroatoms. The Morgan fingerprint density at radius 2 is 2.20 bits per heavy atom. The van der Waals surface area contributed by atoms with Gasteiger partial charge in [-0.25, -0.2) is 4.39 Å². The first kappa shape index (κ1) is 9.39. The zero-order valence-corrected chi connectivity index (χ0v) is 7.70. The van der Waals surface area contributed by atoms with Crippen LogP contribution in [0.1, 0.15) is 10.4 Å². The van der Waals surface area contributed by atoms with Crippen LogP contribution in [0.2, 0.25) is 0 Å². The Morgan fingerprint density at radius 1 is 1.40 bits per heavy atom. The molecule has 0 radical (unpaired) electrons. The average molecular weight is 205 g/mol. The number of nitrogens with zero attached hydrogens (tertiary/aromatic N) is 1. The molecule has 0 aliphatic heterocycles. The molecule has 1 aromatic heterocycles. The van der Waals surface area contributed by atoms with Crippen LogP contribution in [0.4, 0.5) is 10.2 Å². The number of carbonyl (C=O) groups is 1. The molecule has 1 heterocycles. The normalized spacial score (nSPS) is 10.2. The molecule has 0 saturated carbocycles. The number of hydrogen-bond acceptors (Lipinski definition) is 3. The van der Waals surface area contributed by atoms with E-state index in [2.05, 4.69) is 10.2 Å². The highest BCUT2D eigenvalue weighted by molar-refractivity contribution is 5.86. The van der Waals surface area contributed by atoms with Crippen LogP contribution in [0.3, 0.4) is 0 Å². The predicted octanol–water partition coefficient (Wildman–Crippen LogP) is 1.61. The monoisotopic (exact) mass is 205 g/mol. The van der Waals surface area contributed by atoms with Crippen molar-refractivity contribution in [1.82, 2.24) is 10.2 Å².